The van der Waals surface area contributed by atoms with Gasteiger partial charge in [0.2, 0.25) is 0 Å². The van der Waals surface area contributed by atoms with E-state index in [1.165, 1.54) is 0 Å². The van der Waals surface area contributed by atoms with Gasteiger partial charge >= 0.3 is 10.5 Å². The minimum atomic E-state index is -5.05. The lowest BCUT2D eigenvalue weighted by Crippen LogP contribution is -2.11. The van der Waals surface area contributed by atoms with Crippen molar-refractivity contribution in [3.05, 3.63) is 27.8 Å². The Morgan fingerprint density at radius 1 is 1.17 bits per heavy atom. The van der Waals surface area contributed by atoms with E-state index in [0.717, 1.165) is 16.7 Å². The smallest absolute Gasteiger partial charge is 0.358 e. The molecule has 0 amide bonds. The predicted molar refractivity (Wildman–Crippen MR) is 71.9 cm³/mol. The van der Waals surface area contributed by atoms with E-state index in [9.17, 15) is 12.3 Å². The number of benzene rings is 1. The third-order valence-corrected chi connectivity index (χ3v) is 3.72. The molecule has 1 aromatic carbocycles. The summed E-state index contributed by atoms with van der Waals surface area (Å²) in [5.74, 6) is 0.404. The van der Waals surface area contributed by atoms with Crippen LogP contribution in [-0.2, 0) is 22.8 Å². The van der Waals surface area contributed by atoms with Crippen LogP contribution in [0.2, 0.25) is 0 Å². The van der Waals surface area contributed by atoms with Gasteiger partial charge in [-0.3, -0.25) is 0 Å². The summed E-state index contributed by atoms with van der Waals surface area (Å²) in [6.07, 6.45) is 0. The van der Waals surface area contributed by atoms with Crippen molar-refractivity contribution in [2.24, 2.45) is 5.73 Å². The van der Waals surface area contributed by atoms with E-state index in [2.05, 4.69) is 16.8 Å². The Bertz CT molecular complexity index is 539. The molecule has 1 rings (SSSR count). The number of hydrogen-bond acceptors (Lipinski definition) is 5. The second-order valence-electron chi connectivity index (χ2n) is 4.00. The van der Waals surface area contributed by atoms with Gasteiger partial charge in [-0.05, 0) is 48.6 Å². The molecule has 0 saturated heterocycles. The molecule has 1 aromatic rings. The minimum absolute atomic E-state index is 0.00704. The SMILES string of the molecule is Cc1c(CN)c(C)c(OS(=O)(=O)F)c(C)c1CS. The van der Waals surface area contributed by atoms with Crippen LogP contribution >= 0.6 is 12.6 Å². The molecule has 18 heavy (non-hydrogen) atoms. The summed E-state index contributed by atoms with van der Waals surface area (Å²) in [5, 5.41) is 0. The average molecular weight is 293 g/mol. The maximum atomic E-state index is 12.7. The molecular weight excluding hydrogens is 277 g/mol. The van der Waals surface area contributed by atoms with Gasteiger partial charge in [0.25, 0.3) is 0 Å². The molecule has 0 heterocycles. The molecule has 102 valence electrons. The molecule has 2 N–H and O–H groups in total. The quantitative estimate of drug-likeness (QED) is 0.659. The summed E-state index contributed by atoms with van der Waals surface area (Å²) in [5.41, 5.74) is 9.24. The van der Waals surface area contributed by atoms with E-state index in [1.54, 1.807) is 13.8 Å². The van der Waals surface area contributed by atoms with E-state index in [0.29, 0.717) is 16.9 Å². The highest BCUT2D eigenvalue weighted by molar-refractivity contribution is 7.81. The van der Waals surface area contributed by atoms with Crippen molar-refractivity contribution in [2.75, 3.05) is 0 Å². The molecule has 0 atom stereocenters. The molecular formula is C11H16FNO3S2. The van der Waals surface area contributed by atoms with Crippen molar-refractivity contribution in [3.8, 4) is 5.75 Å². The normalized spacial score (nSPS) is 11.7. The molecule has 0 spiro atoms. The van der Waals surface area contributed by atoms with Crippen LogP contribution in [0.5, 0.6) is 5.75 Å². The van der Waals surface area contributed by atoms with Crippen LogP contribution < -0.4 is 9.92 Å². The van der Waals surface area contributed by atoms with Gasteiger partial charge < -0.3 is 9.92 Å². The van der Waals surface area contributed by atoms with Crippen LogP contribution in [-0.4, -0.2) is 8.42 Å². The molecule has 0 aliphatic heterocycles. The maximum absolute atomic E-state index is 12.7. The van der Waals surface area contributed by atoms with Gasteiger partial charge in [-0.15, -0.1) is 0 Å². The van der Waals surface area contributed by atoms with Gasteiger partial charge in [-0.1, -0.05) is 3.89 Å². The van der Waals surface area contributed by atoms with Crippen LogP contribution in [0.15, 0.2) is 0 Å². The summed E-state index contributed by atoms with van der Waals surface area (Å²) >= 11 is 4.19. The third kappa shape index (κ3) is 2.96. The Balaban J connectivity index is 3.60. The lowest BCUT2D eigenvalue weighted by atomic mass is 9.93. The van der Waals surface area contributed by atoms with Gasteiger partial charge in [-0.25, -0.2) is 0 Å². The topological polar surface area (TPSA) is 69.4 Å². The second kappa shape index (κ2) is 5.46. The summed E-state index contributed by atoms with van der Waals surface area (Å²) in [7, 11) is -5.05. The van der Waals surface area contributed by atoms with Crippen LogP contribution in [0.25, 0.3) is 0 Å². The van der Waals surface area contributed by atoms with Crippen molar-refractivity contribution in [3.63, 3.8) is 0 Å². The largest absolute Gasteiger partial charge is 0.488 e. The van der Waals surface area contributed by atoms with Crippen LogP contribution in [0.4, 0.5) is 3.89 Å². The molecule has 0 aromatic heterocycles. The number of thiol groups is 1. The van der Waals surface area contributed by atoms with Crippen LogP contribution in [0.1, 0.15) is 27.8 Å². The predicted octanol–water partition coefficient (Wildman–Crippen LogP) is 2.09. The molecule has 0 aliphatic rings. The fraction of sp³-hybridized carbons (Fsp3) is 0.455. The molecule has 7 heteroatoms. The Kier molecular flexibility index (Phi) is 4.63. The van der Waals surface area contributed by atoms with E-state index in [4.69, 9.17) is 5.73 Å². The first kappa shape index (κ1) is 15.3. The molecule has 0 bridgehead atoms. The second-order valence-corrected chi connectivity index (χ2v) is 5.27. The number of rotatable bonds is 4. The summed E-state index contributed by atoms with van der Waals surface area (Å²) in [4.78, 5) is 0. The van der Waals surface area contributed by atoms with Gasteiger partial charge in [0, 0.05) is 12.3 Å². The fourth-order valence-corrected chi connectivity index (χ4v) is 2.99. The van der Waals surface area contributed by atoms with E-state index < -0.39 is 10.5 Å². The molecule has 0 saturated carbocycles. The van der Waals surface area contributed by atoms with Gasteiger partial charge in [-0.2, -0.15) is 21.0 Å². The van der Waals surface area contributed by atoms with Crippen LogP contribution in [0, 0.1) is 20.8 Å². The zero-order chi connectivity index (χ0) is 14.1. The Morgan fingerprint density at radius 2 is 1.67 bits per heavy atom. The van der Waals surface area contributed by atoms with Gasteiger partial charge in [0.15, 0.2) is 5.75 Å². The third-order valence-electron chi connectivity index (χ3n) is 3.04. The first-order chi connectivity index (χ1) is 8.22. The number of hydrogen-bond donors (Lipinski definition) is 2. The Hall–Kier alpha value is -0.790. The zero-order valence-electron chi connectivity index (χ0n) is 10.4. The van der Waals surface area contributed by atoms with Crippen molar-refractivity contribution >= 4 is 23.1 Å². The first-order valence-corrected chi connectivity index (χ1v) is 7.23. The van der Waals surface area contributed by atoms with Gasteiger partial charge in [0.1, 0.15) is 0 Å². The highest BCUT2D eigenvalue weighted by Gasteiger charge is 2.21. The lowest BCUT2D eigenvalue weighted by molar-refractivity contribution is 0.436. The zero-order valence-corrected chi connectivity index (χ0v) is 12.2. The maximum Gasteiger partial charge on any atom is 0.488 e. The van der Waals surface area contributed by atoms with Crippen molar-refractivity contribution in [2.45, 2.75) is 33.1 Å². The Morgan fingerprint density at radius 3 is 2.06 bits per heavy atom. The summed E-state index contributed by atoms with van der Waals surface area (Å²) < 4.78 is 38.4. The monoisotopic (exact) mass is 293 g/mol. The standard InChI is InChI=1S/C11H16FNO3S2/c1-6-9(4-13)7(2)11(16-18(12,14)15)8(3)10(6)5-17/h17H,4-5,13H2,1-3H3. The fourth-order valence-electron chi connectivity index (χ4n) is 2.07. The van der Waals surface area contributed by atoms with E-state index in [-0.39, 0.29) is 12.3 Å². The van der Waals surface area contributed by atoms with Crippen molar-refractivity contribution in [1.29, 1.82) is 0 Å². The lowest BCUT2D eigenvalue weighted by Gasteiger charge is -2.19. The summed E-state index contributed by atoms with van der Waals surface area (Å²) in [6.45, 7) is 5.43. The molecule has 0 unspecified atom stereocenters. The molecule has 4 nitrogen and oxygen atoms in total. The number of halogens is 1. The highest BCUT2D eigenvalue weighted by atomic mass is 32.3. The van der Waals surface area contributed by atoms with E-state index in [1.807, 2.05) is 6.92 Å². The van der Waals surface area contributed by atoms with Crippen molar-refractivity contribution in [1.82, 2.24) is 0 Å². The van der Waals surface area contributed by atoms with Crippen molar-refractivity contribution < 1.29 is 16.5 Å². The van der Waals surface area contributed by atoms with Crippen LogP contribution in [0.3, 0.4) is 0 Å². The highest BCUT2D eigenvalue weighted by Crippen LogP contribution is 2.34. The average Bonchev–Trinajstić information content (AvgIpc) is 2.24. The molecule has 0 fully saturated rings. The van der Waals surface area contributed by atoms with E-state index >= 15 is 0 Å². The molecule has 0 radical (unpaired) electrons. The van der Waals surface area contributed by atoms with Gasteiger partial charge in [0.05, 0.1) is 0 Å². The first-order valence-electron chi connectivity index (χ1n) is 5.29. The molecule has 0 aliphatic carbocycles. The summed E-state index contributed by atoms with van der Waals surface area (Å²) in [6, 6.07) is 0. The Labute approximate surface area is 112 Å². The minimum Gasteiger partial charge on any atom is -0.358 e. The number of nitrogens with two attached hydrogens (primary N) is 1.